The van der Waals surface area contributed by atoms with Crippen LogP contribution in [0.5, 0.6) is 0 Å². The summed E-state index contributed by atoms with van der Waals surface area (Å²) in [7, 11) is 0. The summed E-state index contributed by atoms with van der Waals surface area (Å²) < 4.78 is 56.7. The van der Waals surface area contributed by atoms with Crippen molar-refractivity contribution in [2.75, 3.05) is 13.2 Å². The summed E-state index contributed by atoms with van der Waals surface area (Å²) in [5.41, 5.74) is 1.06. The molecule has 1 nitrogen and oxygen atoms in total. The van der Waals surface area contributed by atoms with Crippen LogP contribution in [-0.2, 0) is 4.74 Å². The molecule has 0 bridgehead atoms. The molecular formula is C18H14F4O. The van der Waals surface area contributed by atoms with E-state index < -0.39 is 23.3 Å². The molecule has 0 unspecified atom stereocenters. The van der Waals surface area contributed by atoms with Crippen molar-refractivity contribution < 1.29 is 22.3 Å². The van der Waals surface area contributed by atoms with E-state index in [2.05, 4.69) is 0 Å². The van der Waals surface area contributed by atoms with Crippen molar-refractivity contribution in [3.05, 3.63) is 82.9 Å². The van der Waals surface area contributed by atoms with E-state index in [-0.39, 0.29) is 13.2 Å². The molecule has 0 radical (unpaired) electrons. The van der Waals surface area contributed by atoms with Gasteiger partial charge in [0.1, 0.15) is 0 Å². The summed E-state index contributed by atoms with van der Waals surface area (Å²) >= 11 is 0. The first-order chi connectivity index (χ1) is 11.1. The third-order valence-electron chi connectivity index (χ3n) is 2.94. The van der Waals surface area contributed by atoms with E-state index in [1.54, 1.807) is 24.3 Å². The fourth-order valence-electron chi connectivity index (χ4n) is 1.80. The van der Waals surface area contributed by atoms with Crippen LogP contribution in [0.15, 0.2) is 48.6 Å². The average Bonchev–Trinajstić information content (AvgIpc) is 2.53. The van der Waals surface area contributed by atoms with Crippen molar-refractivity contribution in [1.29, 1.82) is 0 Å². The normalized spacial score (nSPS) is 11.7. The van der Waals surface area contributed by atoms with E-state index in [1.165, 1.54) is 12.1 Å². The lowest BCUT2D eigenvalue weighted by Crippen LogP contribution is -1.91. The van der Waals surface area contributed by atoms with Crippen LogP contribution in [0.25, 0.3) is 12.2 Å². The number of hydrogen-bond acceptors (Lipinski definition) is 1. The Bertz CT molecular complexity index is 661. The summed E-state index contributed by atoms with van der Waals surface area (Å²) in [6.07, 6.45) is 6.55. The van der Waals surface area contributed by atoms with Gasteiger partial charge in [0.05, 0.1) is 13.2 Å². The molecule has 0 fully saturated rings. The molecule has 0 N–H and O–H groups in total. The highest BCUT2D eigenvalue weighted by atomic mass is 19.2. The second-order valence-corrected chi connectivity index (χ2v) is 4.69. The van der Waals surface area contributed by atoms with Gasteiger partial charge >= 0.3 is 0 Å². The summed E-state index contributed by atoms with van der Waals surface area (Å²) in [4.78, 5) is 0. The van der Waals surface area contributed by atoms with Gasteiger partial charge in [0.2, 0.25) is 0 Å². The van der Waals surface area contributed by atoms with Gasteiger partial charge in [-0.05, 0) is 35.4 Å². The third kappa shape index (κ3) is 5.38. The monoisotopic (exact) mass is 322 g/mol. The SMILES string of the molecule is Fc1ccc(C=CCOCC=Cc2ccc(F)c(F)c2)cc1F. The Labute approximate surface area is 131 Å². The van der Waals surface area contributed by atoms with Crippen LogP contribution in [0.4, 0.5) is 17.6 Å². The molecule has 120 valence electrons. The summed E-state index contributed by atoms with van der Waals surface area (Å²) in [6, 6.07) is 7.21. The van der Waals surface area contributed by atoms with Crippen molar-refractivity contribution in [1.82, 2.24) is 0 Å². The van der Waals surface area contributed by atoms with Crippen LogP contribution < -0.4 is 0 Å². The molecule has 0 amide bonds. The van der Waals surface area contributed by atoms with Gasteiger partial charge < -0.3 is 4.74 Å². The molecule has 2 rings (SSSR count). The molecule has 2 aromatic carbocycles. The highest BCUT2D eigenvalue weighted by Gasteiger charge is 2.00. The third-order valence-corrected chi connectivity index (χ3v) is 2.94. The molecule has 0 atom stereocenters. The lowest BCUT2D eigenvalue weighted by molar-refractivity contribution is 0.195. The van der Waals surface area contributed by atoms with Crippen molar-refractivity contribution in [2.24, 2.45) is 0 Å². The molecule has 5 heteroatoms. The topological polar surface area (TPSA) is 9.23 Å². The Kier molecular flexibility index (Phi) is 6.11. The average molecular weight is 322 g/mol. The van der Waals surface area contributed by atoms with E-state index in [1.807, 2.05) is 0 Å². The van der Waals surface area contributed by atoms with Crippen LogP contribution in [0.1, 0.15) is 11.1 Å². The predicted molar refractivity (Wildman–Crippen MR) is 81.6 cm³/mol. The zero-order valence-electron chi connectivity index (χ0n) is 12.1. The molecule has 23 heavy (non-hydrogen) atoms. The summed E-state index contributed by atoms with van der Waals surface area (Å²) in [6.45, 7) is 0.558. The van der Waals surface area contributed by atoms with E-state index in [4.69, 9.17) is 4.74 Å². The lowest BCUT2D eigenvalue weighted by Gasteiger charge is -1.98. The minimum absolute atomic E-state index is 0.279. The van der Waals surface area contributed by atoms with Gasteiger partial charge in [0.25, 0.3) is 0 Å². The van der Waals surface area contributed by atoms with Crippen molar-refractivity contribution in [2.45, 2.75) is 0 Å². The molecule has 0 aliphatic heterocycles. The maximum atomic E-state index is 13.0. The lowest BCUT2D eigenvalue weighted by atomic mass is 10.2. The van der Waals surface area contributed by atoms with Crippen molar-refractivity contribution in [3.8, 4) is 0 Å². The first kappa shape index (κ1) is 17.0. The minimum atomic E-state index is -0.900. The summed E-state index contributed by atoms with van der Waals surface area (Å²) in [5, 5.41) is 0. The summed E-state index contributed by atoms with van der Waals surface area (Å²) in [5.74, 6) is -3.58. The quantitative estimate of drug-likeness (QED) is 0.538. The van der Waals surface area contributed by atoms with Gasteiger partial charge in [-0.2, -0.15) is 0 Å². The largest absolute Gasteiger partial charge is 0.373 e. The smallest absolute Gasteiger partial charge is 0.159 e. The molecule has 0 heterocycles. The van der Waals surface area contributed by atoms with Crippen molar-refractivity contribution in [3.63, 3.8) is 0 Å². The predicted octanol–water partition coefficient (Wildman–Crippen LogP) is 4.99. The Hall–Kier alpha value is -2.40. The molecule has 0 aliphatic rings. The molecule has 0 saturated heterocycles. The fraction of sp³-hybridized carbons (Fsp3) is 0.111. The zero-order chi connectivity index (χ0) is 16.7. The van der Waals surface area contributed by atoms with E-state index in [0.29, 0.717) is 11.1 Å². The van der Waals surface area contributed by atoms with Crippen LogP contribution in [0, 0.1) is 23.3 Å². The number of hydrogen-bond donors (Lipinski definition) is 0. The van der Waals surface area contributed by atoms with Crippen molar-refractivity contribution >= 4 is 12.2 Å². The highest BCUT2D eigenvalue weighted by molar-refractivity contribution is 5.50. The van der Waals surface area contributed by atoms with Gasteiger partial charge in [0.15, 0.2) is 23.3 Å². The second kappa shape index (κ2) is 8.29. The standard InChI is InChI=1S/C18H14F4O/c19-15-7-5-13(11-17(15)21)3-1-9-23-10-2-4-14-6-8-16(20)18(22)12-14/h1-8,11-12H,9-10H2. The molecule has 0 aliphatic carbocycles. The number of benzene rings is 2. The number of rotatable bonds is 6. The van der Waals surface area contributed by atoms with E-state index >= 15 is 0 Å². The van der Waals surface area contributed by atoms with Gasteiger partial charge in [0, 0.05) is 0 Å². The Morgan fingerprint density at radius 2 is 1.09 bits per heavy atom. The molecular weight excluding hydrogens is 308 g/mol. The minimum Gasteiger partial charge on any atom is -0.373 e. The van der Waals surface area contributed by atoms with Gasteiger partial charge in [-0.3, -0.25) is 0 Å². The van der Waals surface area contributed by atoms with Gasteiger partial charge in [-0.1, -0.05) is 36.4 Å². The first-order valence-electron chi connectivity index (χ1n) is 6.87. The van der Waals surface area contributed by atoms with Crippen LogP contribution in [-0.4, -0.2) is 13.2 Å². The van der Waals surface area contributed by atoms with Crippen LogP contribution in [0.3, 0.4) is 0 Å². The molecule has 0 saturated carbocycles. The Morgan fingerprint density at radius 3 is 1.48 bits per heavy atom. The number of halogens is 4. The Balaban J connectivity index is 1.74. The number of ether oxygens (including phenoxy) is 1. The second-order valence-electron chi connectivity index (χ2n) is 4.69. The van der Waals surface area contributed by atoms with E-state index in [9.17, 15) is 17.6 Å². The highest BCUT2D eigenvalue weighted by Crippen LogP contribution is 2.11. The fourth-order valence-corrected chi connectivity index (χ4v) is 1.80. The van der Waals surface area contributed by atoms with E-state index in [0.717, 1.165) is 24.3 Å². The maximum Gasteiger partial charge on any atom is 0.159 e. The first-order valence-corrected chi connectivity index (χ1v) is 6.87. The molecule has 0 aromatic heterocycles. The van der Waals surface area contributed by atoms with Gasteiger partial charge in [-0.25, -0.2) is 17.6 Å². The maximum absolute atomic E-state index is 13.0. The molecule has 0 spiro atoms. The Morgan fingerprint density at radius 1 is 0.652 bits per heavy atom. The van der Waals surface area contributed by atoms with Crippen LogP contribution >= 0.6 is 0 Å². The molecule has 2 aromatic rings. The van der Waals surface area contributed by atoms with Crippen LogP contribution in [0.2, 0.25) is 0 Å². The zero-order valence-corrected chi connectivity index (χ0v) is 12.1. The van der Waals surface area contributed by atoms with Gasteiger partial charge in [-0.15, -0.1) is 0 Å².